The van der Waals surface area contributed by atoms with E-state index in [0.29, 0.717) is 6.04 Å². The molecule has 1 aliphatic carbocycles. The third-order valence-electron chi connectivity index (χ3n) is 5.42. The smallest absolute Gasteiger partial charge is 0.170 e. The molecule has 1 saturated carbocycles. The topological polar surface area (TPSA) is 20.2 Å². The number of nitrogens with zero attached hydrogens (tertiary/aromatic N) is 2. The molecule has 132 valence electrons. The van der Waals surface area contributed by atoms with Crippen molar-refractivity contribution in [2.75, 3.05) is 6.54 Å². The second kappa shape index (κ2) is 7.38. The van der Waals surface area contributed by atoms with Crippen molar-refractivity contribution in [2.24, 2.45) is 0 Å². The van der Waals surface area contributed by atoms with Crippen LogP contribution in [-0.4, -0.2) is 27.2 Å². The lowest BCUT2D eigenvalue weighted by atomic mass is 9.95. The zero-order chi connectivity index (χ0) is 17.2. The fraction of sp³-hybridized carbons (Fsp3) is 0.450. The molecule has 1 atom stereocenters. The van der Waals surface area contributed by atoms with Gasteiger partial charge in [-0.2, -0.15) is 0 Å². The van der Waals surface area contributed by atoms with Gasteiger partial charge in [0.25, 0.3) is 0 Å². The lowest BCUT2D eigenvalue weighted by Crippen LogP contribution is -2.50. The largest absolute Gasteiger partial charge is 0.360 e. The van der Waals surface area contributed by atoms with Crippen molar-refractivity contribution >= 4 is 28.9 Å². The summed E-state index contributed by atoms with van der Waals surface area (Å²) in [7, 11) is 0. The van der Waals surface area contributed by atoms with Crippen LogP contribution in [0.5, 0.6) is 0 Å². The molecule has 0 bridgehead atoms. The Bertz CT molecular complexity index is 734. The fourth-order valence-corrected chi connectivity index (χ4v) is 4.59. The first-order valence-electron chi connectivity index (χ1n) is 9.20. The van der Waals surface area contributed by atoms with E-state index in [-0.39, 0.29) is 6.04 Å². The molecule has 1 aliphatic heterocycles. The first kappa shape index (κ1) is 16.9. The van der Waals surface area contributed by atoms with Gasteiger partial charge in [-0.3, -0.25) is 0 Å². The Labute approximate surface area is 160 Å². The molecule has 0 spiro atoms. The van der Waals surface area contributed by atoms with E-state index in [4.69, 9.17) is 23.8 Å². The standard InChI is InChI=1S/C20H24ClN3S/c21-16-10-8-15(9-11-16)19-18-7-4-12-23(18)13-14-24(19)20(25)22-17-5-2-1-3-6-17/h4,7-12,17,19H,1-3,5-6,13-14H2,(H,22,25)/t19-/m0/s1. The van der Waals surface area contributed by atoms with Crippen LogP contribution in [0.25, 0.3) is 0 Å². The number of nitrogens with one attached hydrogen (secondary N) is 1. The molecule has 2 heterocycles. The molecule has 1 N–H and O–H groups in total. The third-order valence-corrected chi connectivity index (χ3v) is 6.02. The summed E-state index contributed by atoms with van der Waals surface area (Å²) in [5.74, 6) is 0. The van der Waals surface area contributed by atoms with Gasteiger partial charge in [0.15, 0.2) is 5.11 Å². The number of hydrogen-bond donors (Lipinski definition) is 1. The molecule has 5 heteroatoms. The number of aromatic nitrogens is 1. The molecule has 0 saturated heterocycles. The van der Waals surface area contributed by atoms with Gasteiger partial charge in [0.05, 0.1) is 6.04 Å². The number of hydrogen-bond acceptors (Lipinski definition) is 1. The molecule has 4 rings (SSSR count). The molecule has 0 radical (unpaired) electrons. The van der Waals surface area contributed by atoms with Crippen molar-refractivity contribution < 1.29 is 0 Å². The first-order valence-corrected chi connectivity index (χ1v) is 9.98. The van der Waals surface area contributed by atoms with Crippen LogP contribution in [0, 0.1) is 0 Å². The maximum absolute atomic E-state index is 6.10. The number of fused-ring (bicyclic) bond motifs is 1. The minimum atomic E-state index is 0.143. The molecule has 2 aliphatic rings. The van der Waals surface area contributed by atoms with Crippen LogP contribution in [0.3, 0.4) is 0 Å². The Morgan fingerprint density at radius 2 is 1.80 bits per heavy atom. The van der Waals surface area contributed by atoms with Gasteiger partial charge in [0, 0.05) is 36.0 Å². The monoisotopic (exact) mass is 373 g/mol. The minimum Gasteiger partial charge on any atom is -0.360 e. The van der Waals surface area contributed by atoms with Crippen LogP contribution in [0.2, 0.25) is 5.02 Å². The zero-order valence-electron chi connectivity index (χ0n) is 14.3. The summed E-state index contributed by atoms with van der Waals surface area (Å²) in [6, 6.07) is 13.2. The Balaban J connectivity index is 1.61. The van der Waals surface area contributed by atoms with Crippen molar-refractivity contribution in [3.05, 3.63) is 58.9 Å². The van der Waals surface area contributed by atoms with E-state index in [9.17, 15) is 0 Å². The number of rotatable bonds is 2. The molecule has 1 fully saturated rings. The van der Waals surface area contributed by atoms with E-state index < -0.39 is 0 Å². The molecular weight excluding hydrogens is 350 g/mol. The summed E-state index contributed by atoms with van der Waals surface area (Å²) in [4.78, 5) is 2.35. The highest BCUT2D eigenvalue weighted by Gasteiger charge is 2.31. The van der Waals surface area contributed by atoms with Crippen molar-refractivity contribution in [1.82, 2.24) is 14.8 Å². The van der Waals surface area contributed by atoms with E-state index in [1.807, 2.05) is 12.1 Å². The second-order valence-corrected chi connectivity index (χ2v) is 7.88. The number of benzene rings is 1. The zero-order valence-corrected chi connectivity index (χ0v) is 15.9. The molecule has 2 aromatic rings. The summed E-state index contributed by atoms with van der Waals surface area (Å²) in [5, 5.41) is 5.30. The van der Waals surface area contributed by atoms with Crippen molar-refractivity contribution in [1.29, 1.82) is 0 Å². The van der Waals surface area contributed by atoms with Gasteiger partial charge in [-0.1, -0.05) is 43.0 Å². The van der Waals surface area contributed by atoms with E-state index in [0.717, 1.165) is 23.2 Å². The van der Waals surface area contributed by atoms with Crippen LogP contribution in [0.1, 0.15) is 49.4 Å². The molecule has 3 nitrogen and oxygen atoms in total. The highest BCUT2D eigenvalue weighted by atomic mass is 35.5. The van der Waals surface area contributed by atoms with Crippen molar-refractivity contribution in [2.45, 2.75) is 50.7 Å². The van der Waals surface area contributed by atoms with E-state index >= 15 is 0 Å². The highest BCUT2D eigenvalue weighted by molar-refractivity contribution is 7.80. The van der Waals surface area contributed by atoms with Gasteiger partial charge in [0.1, 0.15) is 0 Å². The van der Waals surface area contributed by atoms with Gasteiger partial charge in [-0.25, -0.2) is 0 Å². The third kappa shape index (κ3) is 3.56. The quantitative estimate of drug-likeness (QED) is 0.767. The molecule has 0 amide bonds. The lowest BCUT2D eigenvalue weighted by molar-refractivity contribution is 0.278. The Morgan fingerprint density at radius 3 is 2.56 bits per heavy atom. The van der Waals surface area contributed by atoms with Gasteiger partial charge in [-0.05, 0) is 54.9 Å². The van der Waals surface area contributed by atoms with Gasteiger partial charge < -0.3 is 14.8 Å². The van der Waals surface area contributed by atoms with E-state index in [1.54, 1.807) is 0 Å². The molecule has 25 heavy (non-hydrogen) atoms. The molecule has 0 unspecified atom stereocenters. The maximum atomic E-state index is 6.10. The Kier molecular flexibility index (Phi) is 5.00. The average Bonchev–Trinajstić information content (AvgIpc) is 3.11. The van der Waals surface area contributed by atoms with Crippen molar-refractivity contribution in [3.63, 3.8) is 0 Å². The van der Waals surface area contributed by atoms with Crippen LogP contribution >= 0.6 is 23.8 Å². The van der Waals surface area contributed by atoms with Crippen molar-refractivity contribution in [3.8, 4) is 0 Å². The summed E-state index contributed by atoms with van der Waals surface area (Å²) < 4.78 is 2.33. The predicted molar refractivity (Wildman–Crippen MR) is 107 cm³/mol. The van der Waals surface area contributed by atoms with Crippen LogP contribution < -0.4 is 5.32 Å². The predicted octanol–water partition coefficient (Wildman–Crippen LogP) is 4.75. The summed E-state index contributed by atoms with van der Waals surface area (Å²) in [6.07, 6.45) is 8.60. The van der Waals surface area contributed by atoms with Crippen LogP contribution in [0.4, 0.5) is 0 Å². The van der Waals surface area contributed by atoms with E-state index in [2.05, 4.69) is 45.2 Å². The van der Waals surface area contributed by atoms with Gasteiger partial charge >= 0.3 is 0 Å². The highest BCUT2D eigenvalue weighted by Crippen LogP contribution is 2.33. The Hall–Kier alpha value is -1.52. The summed E-state index contributed by atoms with van der Waals surface area (Å²) in [6.45, 7) is 1.90. The Morgan fingerprint density at radius 1 is 1.04 bits per heavy atom. The molecule has 1 aromatic carbocycles. The lowest BCUT2D eigenvalue weighted by Gasteiger charge is -2.40. The number of thiocarbonyl (C=S) groups is 1. The first-order chi connectivity index (χ1) is 12.2. The molecule has 1 aromatic heterocycles. The molecular formula is C20H24ClN3S. The normalized spacial score (nSPS) is 21.0. The van der Waals surface area contributed by atoms with Gasteiger partial charge in [-0.15, -0.1) is 0 Å². The fourth-order valence-electron chi connectivity index (χ4n) is 4.10. The second-order valence-electron chi connectivity index (χ2n) is 7.06. The number of halogens is 1. The van der Waals surface area contributed by atoms with Crippen LogP contribution in [-0.2, 0) is 6.54 Å². The summed E-state index contributed by atoms with van der Waals surface area (Å²) >= 11 is 11.9. The minimum absolute atomic E-state index is 0.143. The van der Waals surface area contributed by atoms with Gasteiger partial charge in [0.2, 0.25) is 0 Å². The van der Waals surface area contributed by atoms with Crippen LogP contribution in [0.15, 0.2) is 42.6 Å². The average molecular weight is 374 g/mol. The SMILES string of the molecule is S=C(NC1CCCCC1)N1CCn2cccc2[C@@H]1c1ccc(Cl)cc1. The maximum Gasteiger partial charge on any atom is 0.170 e. The summed E-state index contributed by atoms with van der Waals surface area (Å²) in [5.41, 5.74) is 2.53. The van der Waals surface area contributed by atoms with E-state index in [1.165, 1.54) is 43.4 Å².